The number of aliphatic hydroxyl groups is 1. The molecule has 0 spiro atoms. The standard InChI is InChI=1S/C58H74FN11O16/c1-5-58(79)40-29-45-50-38(31-70(45)55(76)39(40)32-86-56(58)77)48-42(13-12-37-34(4)41(59)30-44(65-50)47(37)48)66-54(75)51(72)35-8-10-36(11-9-35)64-52(73)43(7-6-15-62-57(60)78)67-53(74)49(33(2)3)68-46(71)14-17-80-19-21-82-23-25-84-27-28-85-26-24-83-22-20-81-18-16-63-69-61/h8-11,29-30,33,42-43,49,79H,5-7,12-28,31-32H2,1-4H3,(H,64,73)(H,66,75)(H,67,74)(H,68,71)(H3,60,62,78)/t42-,43-,49-,58-/m0/s1. The number of urea groups is 1. The van der Waals surface area contributed by atoms with Crippen LogP contribution in [-0.2, 0) is 82.3 Å². The molecule has 86 heavy (non-hydrogen) atoms. The summed E-state index contributed by atoms with van der Waals surface area (Å²) in [4.78, 5) is 114. The van der Waals surface area contributed by atoms with Crippen molar-refractivity contribution >= 4 is 58.0 Å². The van der Waals surface area contributed by atoms with Crippen LogP contribution in [0.25, 0.3) is 32.7 Å². The second-order valence-electron chi connectivity index (χ2n) is 20.9. The lowest BCUT2D eigenvalue weighted by atomic mass is 9.81. The number of halogens is 1. The monoisotopic (exact) mass is 1200 g/mol. The average molecular weight is 1200 g/mol. The first-order valence-electron chi connectivity index (χ1n) is 28.6. The van der Waals surface area contributed by atoms with Crippen molar-refractivity contribution in [3.8, 4) is 11.4 Å². The zero-order chi connectivity index (χ0) is 61.9. The average Bonchev–Trinajstić information content (AvgIpc) is 1.66. The van der Waals surface area contributed by atoms with E-state index in [4.69, 9.17) is 49.4 Å². The maximum absolute atomic E-state index is 15.5. The molecule has 2 aliphatic heterocycles. The van der Waals surface area contributed by atoms with Crippen molar-refractivity contribution in [2.24, 2.45) is 16.8 Å². The van der Waals surface area contributed by atoms with Gasteiger partial charge in [-0.3, -0.25) is 28.8 Å². The number of hydrogen-bond donors (Lipinski definition) is 7. The van der Waals surface area contributed by atoms with Crippen LogP contribution in [0, 0.1) is 18.7 Å². The van der Waals surface area contributed by atoms with Gasteiger partial charge in [0.1, 0.15) is 24.5 Å². The number of nitrogens with two attached hydrogens (primary N) is 1. The first-order valence-corrected chi connectivity index (χ1v) is 28.6. The SMILES string of the molecule is CC[C@@]1(O)C(=O)OCc2c1cc1n(c2=O)Cc2c-1nc1cc(F)c(C)c3c1c2[C@@H](NC(=O)C(=O)c1ccc(NC(=O)[C@H](CCCNC(N)=O)NC(=O)[C@@H](NC(=O)CCOCCOCCOCCOCCOCCOCCN=[N+]=[N-])C(C)C)cc1)CC3. The molecule has 7 rings (SSSR count). The summed E-state index contributed by atoms with van der Waals surface area (Å²) in [6.45, 7) is 10.6. The lowest BCUT2D eigenvalue weighted by Gasteiger charge is -2.31. The number of ether oxygens (including phenoxy) is 7. The summed E-state index contributed by atoms with van der Waals surface area (Å²) in [6, 6.07) is 4.54. The van der Waals surface area contributed by atoms with Gasteiger partial charge in [0.15, 0.2) is 5.60 Å². The number of ketones is 1. The van der Waals surface area contributed by atoms with Crippen LogP contribution in [0.4, 0.5) is 14.9 Å². The van der Waals surface area contributed by atoms with Gasteiger partial charge in [-0.05, 0) is 97.5 Å². The summed E-state index contributed by atoms with van der Waals surface area (Å²) >= 11 is 0. The molecule has 2 aromatic heterocycles. The Bertz CT molecular complexity index is 3250. The largest absolute Gasteiger partial charge is 0.458 e. The molecule has 4 aromatic rings. The molecule has 2 aromatic carbocycles. The minimum atomic E-state index is -2.08. The number of aromatic nitrogens is 2. The minimum Gasteiger partial charge on any atom is -0.458 e. The molecule has 27 nitrogen and oxygen atoms in total. The molecule has 6 amide bonds. The molecule has 8 N–H and O–H groups in total. The number of fused-ring (bicyclic) bond motifs is 5. The number of esters is 1. The third kappa shape index (κ3) is 16.5. The molecule has 0 saturated carbocycles. The van der Waals surface area contributed by atoms with E-state index in [2.05, 4.69) is 36.6 Å². The number of azide groups is 1. The molecule has 3 aliphatic rings. The summed E-state index contributed by atoms with van der Waals surface area (Å²) in [5.74, 6) is -5.43. The topological polar surface area (TPSA) is 374 Å². The van der Waals surface area contributed by atoms with E-state index < -0.39 is 82.4 Å². The number of nitrogens with zero attached hydrogens (tertiary/aromatic N) is 5. The van der Waals surface area contributed by atoms with E-state index in [1.165, 1.54) is 34.9 Å². The van der Waals surface area contributed by atoms with E-state index in [0.717, 1.165) is 0 Å². The van der Waals surface area contributed by atoms with Gasteiger partial charge in [-0.25, -0.2) is 19.0 Å². The number of carbonyl (C=O) groups is 7. The highest BCUT2D eigenvalue weighted by Gasteiger charge is 2.46. The first-order chi connectivity index (χ1) is 41.4. The van der Waals surface area contributed by atoms with Gasteiger partial charge in [-0.15, -0.1) is 0 Å². The highest BCUT2D eigenvalue weighted by atomic mass is 19.1. The Morgan fingerprint density at radius 3 is 2.12 bits per heavy atom. The van der Waals surface area contributed by atoms with Gasteiger partial charge in [0.2, 0.25) is 23.5 Å². The Kier molecular flexibility index (Phi) is 24.0. The molecule has 4 heterocycles. The molecular formula is C58H74FN11O16. The van der Waals surface area contributed by atoms with E-state index in [0.29, 0.717) is 105 Å². The molecular weight excluding hydrogens is 1130 g/mol. The fourth-order valence-electron chi connectivity index (χ4n) is 10.3. The fourth-order valence-corrected chi connectivity index (χ4v) is 10.3. The Morgan fingerprint density at radius 2 is 1.51 bits per heavy atom. The van der Waals surface area contributed by atoms with Crippen LogP contribution in [-0.4, -0.2) is 161 Å². The maximum atomic E-state index is 15.5. The molecule has 0 radical (unpaired) electrons. The number of primary amides is 1. The summed E-state index contributed by atoms with van der Waals surface area (Å²) in [7, 11) is 0. The highest BCUT2D eigenvalue weighted by Crippen LogP contribution is 2.46. The molecule has 0 fully saturated rings. The predicted molar refractivity (Wildman–Crippen MR) is 307 cm³/mol. The van der Waals surface area contributed by atoms with Gasteiger partial charge >= 0.3 is 12.0 Å². The molecule has 464 valence electrons. The number of pyridine rings is 2. The number of rotatable bonds is 35. The smallest absolute Gasteiger partial charge is 0.343 e. The number of amides is 6. The summed E-state index contributed by atoms with van der Waals surface area (Å²) in [5, 5.41) is 28.9. The molecule has 28 heteroatoms. The summed E-state index contributed by atoms with van der Waals surface area (Å²) in [5.41, 5.74) is 14.3. The molecule has 0 unspecified atom stereocenters. The number of anilines is 1. The number of aryl methyl sites for hydroxylation is 1. The van der Waals surface area contributed by atoms with Crippen molar-refractivity contribution in [1.82, 2.24) is 30.8 Å². The Balaban J connectivity index is 0.894. The summed E-state index contributed by atoms with van der Waals surface area (Å²) in [6.07, 6.45) is 0.709. The van der Waals surface area contributed by atoms with Crippen molar-refractivity contribution < 1.29 is 76.2 Å². The van der Waals surface area contributed by atoms with Gasteiger partial charge in [0.25, 0.3) is 11.5 Å². The summed E-state index contributed by atoms with van der Waals surface area (Å²) < 4.78 is 54.8. The van der Waals surface area contributed by atoms with Gasteiger partial charge < -0.3 is 75.1 Å². The fraction of sp³-hybridized carbons (Fsp3) is 0.534. The van der Waals surface area contributed by atoms with Crippen LogP contribution in [0.1, 0.15) is 103 Å². The maximum Gasteiger partial charge on any atom is 0.343 e. The number of cyclic esters (lactones) is 1. The number of nitrogens with one attached hydrogen (secondary N) is 5. The van der Waals surface area contributed by atoms with Crippen molar-refractivity contribution in [3.05, 3.63) is 102 Å². The zero-order valence-corrected chi connectivity index (χ0v) is 48.6. The van der Waals surface area contributed by atoms with Crippen LogP contribution in [0.5, 0.6) is 0 Å². The van der Waals surface area contributed by atoms with Crippen LogP contribution < -0.4 is 37.9 Å². The quantitative estimate of drug-likeness (QED) is 0.00582. The second-order valence-corrected chi connectivity index (χ2v) is 20.9. The molecule has 0 bridgehead atoms. The Labute approximate surface area is 494 Å². The van der Waals surface area contributed by atoms with Crippen LogP contribution >= 0.6 is 0 Å². The molecule has 1 aliphatic carbocycles. The lowest BCUT2D eigenvalue weighted by molar-refractivity contribution is -0.172. The first kappa shape index (κ1) is 65.6. The second kappa shape index (κ2) is 31.4. The third-order valence-corrected chi connectivity index (χ3v) is 14.9. The van der Waals surface area contributed by atoms with E-state index in [1.807, 2.05) is 0 Å². The Hall–Kier alpha value is -7.95. The number of hydrogen-bond acceptors (Lipinski definition) is 18. The van der Waals surface area contributed by atoms with Crippen LogP contribution in [0.2, 0.25) is 0 Å². The lowest BCUT2D eigenvalue weighted by Crippen LogP contribution is -2.54. The Morgan fingerprint density at radius 1 is 0.884 bits per heavy atom. The number of Topliss-reactive ketones (excluding diaryl/α,β-unsaturated/α-hetero) is 1. The van der Waals surface area contributed by atoms with E-state index in [1.54, 1.807) is 33.8 Å². The van der Waals surface area contributed by atoms with E-state index in [9.17, 15) is 43.5 Å². The third-order valence-electron chi connectivity index (χ3n) is 14.9. The normalized spacial score (nSPS) is 16.2. The van der Waals surface area contributed by atoms with Crippen LogP contribution in [0.15, 0.2) is 46.3 Å². The van der Waals surface area contributed by atoms with E-state index in [-0.39, 0.29) is 106 Å². The van der Waals surface area contributed by atoms with Crippen molar-refractivity contribution in [2.75, 3.05) is 97.7 Å². The zero-order valence-electron chi connectivity index (χ0n) is 48.6. The highest BCUT2D eigenvalue weighted by molar-refractivity contribution is 6.43. The van der Waals surface area contributed by atoms with Crippen molar-refractivity contribution in [2.45, 2.75) is 103 Å². The van der Waals surface area contributed by atoms with Crippen molar-refractivity contribution in [1.29, 1.82) is 0 Å². The minimum absolute atomic E-state index is 0.00506. The van der Waals surface area contributed by atoms with Gasteiger partial charge in [0, 0.05) is 58.3 Å². The van der Waals surface area contributed by atoms with Crippen LogP contribution in [0.3, 0.4) is 0 Å². The van der Waals surface area contributed by atoms with Gasteiger partial charge in [0.05, 0.1) is 114 Å². The molecule has 4 atom stereocenters. The van der Waals surface area contributed by atoms with Crippen molar-refractivity contribution in [3.63, 3.8) is 0 Å². The predicted octanol–water partition coefficient (Wildman–Crippen LogP) is 3.33. The van der Waals surface area contributed by atoms with Gasteiger partial charge in [-0.1, -0.05) is 25.9 Å². The van der Waals surface area contributed by atoms with Gasteiger partial charge in [-0.2, -0.15) is 0 Å². The number of benzene rings is 2. The molecule has 0 saturated heterocycles. The number of carbonyl (C=O) groups excluding carboxylic acids is 7. The van der Waals surface area contributed by atoms with E-state index >= 15 is 4.39 Å².